The van der Waals surface area contributed by atoms with Crippen molar-refractivity contribution in [1.29, 1.82) is 5.41 Å². The second-order valence-corrected chi connectivity index (χ2v) is 17.1. The third kappa shape index (κ3) is 21.4. The number of benzene rings is 1. The number of aliphatic imine (C=N–C) groups is 1. The Bertz CT molecular complexity index is 1390. The number of alkyl carbamates (subject to hydrolysis) is 1. The number of ether oxygens (including phenoxy) is 5. The molecule has 0 aromatic heterocycles. The van der Waals surface area contributed by atoms with Gasteiger partial charge in [0.05, 0.1) is 6.61 Å². The number of carbonyl (C=O) groups excluding carboxylic acids is 4. The lowest BCUT2D eigenvalue weighted by atomic mass is 10.1. The van der Waals surface area contributed by atoms with Gasteiger partial charge in [0.2, 0.25) is 5.96 Å². The highest BCUT2D eigenvalue weighted by atomic mass is 79.9. The number of guanidine groups is 1. The Morgan fingerprint density at radius 2 is 1.11 bits per heavy atom. The number of rotatable bonds is 13. The Hall–Kier alpha value is -3.88. The maximum absolute atomic E-state index is 13.8. The van der Waals surface area contributed by atoms with Gasteiger partial charge in [-0.1, -0.05) is 35.2 Å². The van der Waals surface area contributed by atoms with Crippen LogP contribution in [0.3, 0.4) is 0 Å². The van der Waals surface area contributed by atoms with Crippen LogP contribution in [0.15, 0.2) is 29.3 Å². The van der Waals surface area contributed by atoms with E-state index < -0.39 is 46.8 Å². The van der Waals surface area contributed by atoms with Crippen molar-refractivity contribution >= 4 is 52.1 Å². The van der Waals surface area contributed by atoms with Crippen molar-refractivity contribution in [3.63, 3.8) is 0 Å². The maximum Gasteiger partial charge on any atom is 0.437 e. The first-order valence-corrected chi connectivity index (χ1v) is 19.1. The molecular weight excluding hydrogens is 750 g/mol. The van der Waals surface area contributed by atoms with Crippen LogP contribution in [0.2, 0.25) is 0 Å². The third-order valence-electron chi connectivity index (χ3n) is 6.37. The molecule has 2 N–H and O–H groups in total. The number of hydrogen-bond donors (Lipinski definition) is 2. The van der Waals surface area contributed by atoms with Crippen molar-refractivity contribution < 1.29 is 42.9 Å². The number of halogens is 1. The molecule has 0 fully saturated rings. The van der Waals surface area contributed by atoms with Gasteiger partial charge in [-0.05, 0) is 127 Å². The largest absolute Gasteiger partial charge is 0.494 e. The first kappa shape index (κ1) is 47.1. The van der Waals surface area contributed by atoms with Crippen LogP contribution in [0, 0.1) is 5.41 Å². The molecule has 0 unspecified atom stereocenters. The molecule has 15 heteroatoms. The summed E-state index contributed by atoms with van der Waals surface area (Å²) in [7, 11) is 0. The fourth-order valence-corrected chi connectivity index (χ4v) is 4.71. The predicted octanol–water partition coefficient (Wildman–Crippen LogP) is 9.42. The molecule has 1 rings (SSSR count). The lowest BCUT2D eigenvalue weighted by molar-refractivity contribution is 0.0269. The lowest BCUT2D eigenvalue weighted by Gasteiger charge is -2.34. The van der Waals surface area contributed by atoms with Crippen LogP contribution in [-0.4, -0.2) is 93.4 Å². The van der Waals surface area contributed by atoms with Crippen LogP contribution in [0.25, 0.3) is 0 Å². The minimum absolute atomic E-state index is 0.0520. The Kier molecular flexibility index (Phi) is 18.8. The fourth-order valence-electron chi connectivity index (χ4n) is 4.32. The standard InChI is InChI=1S/C38H62BrN5O9/c1-35(2,3)50-31(45)41-29(40)27-19-21-28(22-20-27)49-26-18-25-44(34(48)53-38(10,11)12)30(42-32(46)51-36(4,5)6)43(33(47)52-37(7,8)9)24-17-15-13-14-16-23-39/h19-22H,13-18,23-26H2,1-12H3,(H2,40,41,45). The van der Waals surface area contributed by atoms with Crippen molar-refractivity contribution in [3.05, 3.63) is 29.8 Å². The van der Waals surface area contributed by atoms with E-state index in [0.29, 0.717) is 17.7 Å². The molecule has 0 saturated heterocycles. The maximum atomic E-state index is 13.8. The zero-order valence-corrected chi connectivity index (χ0v) is 35.4. The van der Waals surface area contributed by atoms with Gasteiger partial charge in [-0.25, -0.2) is 29.0 Å². The van der Waals surface area contributed by atoms with Gasteiger partial charge >= 0.3 is 24.4 Å². The number of amidine groups is 1. The number of nitrogens with one attached hydrogen (secondary N) is 2. The number of carbonyl (C=O) groups is 4. The molecule has 14 nitrogen and oxygen atoms in total. The summed E-state index contributed by atoms with van der Waals surface area (Å²) in [5, 5.41) is 11.5. The average molecular weight is 813 g/mol. The zero-order chi connectivity index (χ0) is 40.6. The van der Waals surface area contributed by atoms with Crippen LogP contribution in [0.5, 0.6) is 5.75 Å². The Labute approximate surface area is 324 Å². The summed E-state index contributed by atoms with van der Waals surface area (Å²) in [5.41, 5.74) is -2.96. The summed E-state index contributed by atoms with van der Waals surface area (Å²) in [5.74, 6) is 0.0632. The molecule has 0 spiro atoms. The minimum atomic E-state index is -0.991. The molecule has 0 bridgehead atoms. The molecule has 0 heterocycles. The van der Waals surface area contributed by atoms with E-state index in [-0.39, 0.29) is 37.9 Å². The quantitative estimate of drug-likeness (QED) is 0.0648. The van der Waals surface area contributed by atoms with Crippen molar-refractivity contribution in [2.75, 3.05) is 25.0 Å². The predicted molar refractivity (Wildman–Crippen MR) is 209 cm³/mol. The normalized spacial score (nSPS) is 12.4. The van der Waals surface area contributed by atoms with Gasteiger partial charge in [0.25, 0.3) is 0 Å². The highest BCUT2D eigenvalue weighted by Gasteiger charge is 2.35. The van der Waals surface area contributed by atoms with E-state index in [9.17, 15) is 19.2 Å². The molecule has 0 aliphatic rings. The average Bonchev–Trinajstić information content (AvgIpc) is 2.96. The molecule has 0 saturated carbocycles. The number of nitrogens with zero attached hydrogens (tertiary/aromatic N) is 3. The van der Waals surface area contributed by atoms with Crippen LogP contribution in [0.4, 0.5) is 19.2 Å². The van der Waals surface area contributed by atoms with Gasteiger partial charge in [-0.15, -0.1) is 4.99 Å². The molecule has 0 aliphatic carbocycles. The SMILES string of the molecule is CC(C)(C)OC(=O)N=C(N(CCCCCCCBr)C(=O)OC(C)(C)C)N(CCCOc1ccc(C(=N)NC(=O)OC(C)(C)C)cc1)C(=O)OC(C)(C)C. The molecule has 53 heavy (non-hydrogen) atoms. The summed E-state index contributed by atoms with van der Waals surface area (Å²) in [6.45, 7) is 20.8. The third-order valence-corrected chi connectivity index (χ3v) is 6.94. The van der Waals surface area contributed by atoms with Crippen LogP contribution >= 0.6 is 15.9 Å². The smallest absolute Gasteiger partial charge is 0.437 e. The monoisotopic (exact) mass is 811 g/mol. The summed E-state index contributed by atoms with van der Waals surface area (Å²) < 4.78 is 28.1. The lowest BCUT2D eigenvalue weighted by Crippen LogP contribution is -2.53. The van der Waals surface area contributed by atoms with E-state index in [1.807, 2.05) is 0 Å². The van der Waals surface area contributed by atoms with Crippen molar-refractivity contribution in [2.45, 2.75) is 144 Å². The first-order chi connectivity index (χ1) is 24.3. The molecule has 300 valence electrons. The summed E-state index contributed by atoms with van der Waals surface area (Å²) in [4.78, 5) is 59.4. The van der Waals surface area contributed by atoms with E-state index in [4.69, 9.17) is 29.1 Å². The number of unbranched alkanes of at least 4 members (excludes halogenated alkanes) is 4. The number of alkyl halides is 1. The van der Waals surface area contributed by atoms with Gasteiger partial charge in [0, 0.05) is 24.0 Å². The van der Waals surface area contributed by atoms with Crippen molar-refractivity contribution in [3.8, 4) is 5.75 Å². The van der Waals surface area contributed by atoms with Gasteiger partial charge < -0.3 is 23.7 Å². The Balaban J connectivity index is 3.39. The molecule has 0 atom stereocenters. The number of amides is 4. The molecule has 0 radical (unpaired) electrons. The summed E-state index contributed by atoms with van der Waals surface area (Å²) in [6.07, 6.45) is 1.22. The van der Waals surface area contributed by atoms with E-state index in [1.54, 1.807) is 107 Å². The second kappa shape index (κ2) is 21.1. The topological polar surface area (TPSA) is 169 Å². The minimum Gasteiger partial charge on any atom is -0.494 e. The number of hydrogen-bond acceptors (Lipinski definition) is 10. The fraction of sp³-hybridized carbons (Fsp3) is 0.684. The zero-order valence-electron chi connectivity index (χ0n) is 33.8. The van der Waals surface area contributed by atoms with Crippen molar-refractivity contribution in [1.82, 2.24) is 15.1 Å². The van der Waals surface area contributed by atoms with E-state index in [1.165, 1.54) is 4.90 Å². The molecule has 0 aliphatic heterocycles. The van der Waals surface area contributed by atoms with Crippen molar-refractivity contribution in [2.24, 2.45) is 4.99 Å². The molecule has 4 amide bonds. The summed E-state index contributed by atoms with van der Waals surface area (Å²) >= 11 is 3.45. The molecule has 1 aromatic carbocycles. The van der Waals surface area contributed by atoms with Gasteiger partial charge in [-0.3, -0.25) is 10.7 Å². The first-order valence-electron chi connectivity index (χ1n) is 18.0. The Morgan fingerprint density at radius 3 is 1.58 bits per heavy atom. The van der Waals surface area contributed by atoms with Gasteiger partial charge in [0.15, 0.2) is 0 Å². The van der Waals surface area contributed by atoms with E-state index in [2.05, 4.69) is 26.2 Å². The molecule has 1 aromatic rings. The second-order valence-electron chi connectivity index (χ2n) is 16.3. The highest BCUT2D eigenvalue weighted by molar-refractivity contribution is 9.09. The van der Waals surface area contributed by atoms with E-state index in [0.717, 1.165) is 35.9 Å². The van der Waals surface area contributed by atoms with Gasteiger partial charge in [-0.2, -0.15) is 0 Å². The Morgan fingerprint density at radius 1 is 0.660 bits per heavy atom. The van der Waals surface area contributed by atoms with Crippen LogP contribution in [-0.2, 0) is 18.9 Å². The summed E-state index contributed by atoms with van der Waals surface area (Å²) in [6, 6.07) is 6.52. The van der Waals surface area contributed by atoms with Crippen LogP contribution < -0.4 is 10.1 Å². The van der Waals surface area contributed by atoms with Crippen LogP contribution in [0.1, 0.15) is 127 Å². The highest BCUT2D eigenvalue weighted by Crippen LogP contribution is 2.19. The van der Waals surface area contributed by atoms with E-state index >= 15 is 0 Å². The molecular formula is C38H62BrN5O9. The van der Waals surface area contributed by atoms with Gasteiger partial charge in [0.1, 0.15) is 34.0 Å².